The van der Waals surface area contributed by atoms with E-state index in [4.69, 9.17) is 0 Å². The Morgan fingerprint density at radius 3 is 2.95 bits per heavy atom. The van der Waals surface area contributed by atoms with Crippen molar-refractivity contribution in [2.24, 2.45) is 0 Å². The van der Waals surface area contributed by atoms with E-state index in [9.17, 15) is 4.79 Å². The molecule has 1 aromatic carbocycles. The summed E-state index contributed by atoms with van der Waals surface area (Å²) >= 11 is 3.52. The van der Waals surface area contributed by atoms with Gasteiger partial charge in [-0.1, -0.05) is 34.1 Å². The largest absolute Gasteiger partial charge is 0.340 e. The lowest BCUT2D eigenvalue weighted by Gasteiger charge is -2.34. The summed E-state index contributed by atoms with van der Waals surface area (Å²) in [5.74, 6) is 0.172. The molecule has 1 unspecified atom stereocenters. The molecular weight excluding hydrogens is 306 g/mol. The lowest BCUT2D eigenvalue weighted by Crippen LogP contribution is -2.56. The van der Waals surface area contributed by atoms with Gasteiger partial charge >= 0.3 is 0 Å². The number of benzene rings is 1. The van der Waals surface area contributed by atoms with Gasteiger partial charge in [0.15, 0.2) is 0 Å². The molecule has 1 aromatic rings. The molecule has 104 valence electrons. The smallest absolute Gasteiger partial charge is 0.241 e. The Bertz CT molecular complexity index is 452. The van der Waals surface area contributed by atoms with Crippen molar-refractivity contribution in [1.82, 2.24) is 15.1 Å². The molecule has 1 atom stereocenters. The molecule has 1 aliphatic rings. The first kappa shape index (κ1) is 14.5. The van der Waals surface area contributed by atoms with Gasteiger partial charge < -0.3 is 10.2 Å². The van der Waals surface area contributed by atoms with Gasteiger partial charge in [-0.2, -0.15) is 0 Å². The number of hydrogen-bond donors (Lipinski definition) is 1. The molecule has 0 saturated carbocycles. The average Bonchev–Trinajstić information content (AvgIpc) is 2.41. The predicted molar refractivity (Wildman–Crippen MR) is 79.9 cm³/mol. The van der Waals surface area contributed by atoms with E-state index in [0.29, 0.717) is 6.54 Å². The van der Waals surface area contributed by atoms with Crippen molar-refractivity contribution in [3.8, 4) is 0 Å². The molecule has 19 heavy (non-hydrogen) atoms. The maximum atomic E-state index is 12.5. The van der Waals surface area contributed by atoms with Crippen LogP contribution >= 0.6 is 15.9 Å². The van der Waals surface area contributed by atoms with Crippen molar-refractivity contribution in [2.45, 2.75) is 12.6 Å². The molecular formula is C14H20BrN3O. The van der Waals surface area contributed by atoms with Crippen LogP contribution in [0.5, 0.6) is 0 Å². The first-order valence-corrected chi connectivity index (χ1v) is 7.28. The van der Waals surface area contributed by atoms with Crippen LogP contribution in [0.4, 0.5) is 0 Å². The van der Waals surface area contributed by atoms with Gasteiger partial charge in [-0.15, -0.1) is 0 Å². The van der Waals surface area contributed by atoms with Crippen LogP contribution in [0, 0.1) is 0 Å². The van der Waals surface area contributed by atoms with Gasteiger partial charge in [0.1, 0.15) is 6.04 Å². The number of piperazine rings is 1. The zero-order chi connectivity index (χ0) is 13.8. The van der Waals surface area contributed by atoms with Crippen LogP contribution in [-0.2, 0) is 11.3 Å². The fraction of sp³-hybridized carbons (Fsp3) is 0.500. The molecule has 4 nitrogen and oxygen atoms in total. The molecule has 2 rings (SSSR count). The van der Waals surface area contributed by atoms with Crippen molar-refractivity contribution in [2.75, 3.05) is 33.7 Å². The first-order chi connectivity index (χ1) is 9.09. The molecule has 1 fully saturated rings. The molecule has 1 N–H and O–H groups in total. The summed E-state index contributed by atoms with van der Waals surface area (Å²) in [6, 6.07) is 7.96. The Hall–Kier alpha value is -0.910. The Kier molecular flexibility index (Phi) is 4.96. The molecule has 1 heterocycles. The van der Waals surface area contributed by atoms with E-state index in [-0.39, 0.29) is 11.9 Å². The van der Waals surface area contributed by atoms with E-state index in [1.54, 1.807) is 4.90 Å². The number of nitrogens with zero attached hydrogens (tertiary/aromatic N) is 2. The maximum absolute atomic E-state index is 12.5. The van der Waals surface area contributed by atoms with Crippen LogP contribution in [0.2, 0.25) is 0 Å². The summed E-state index contributed by atoms with van der Waals surface area (Å²) in [6.07, 6.45) is 0. The number of amides is 1. The van der Waals surface area contributed by atoms with Crippen molar-refractivity contribution in [1.29, 1.82) is 0 Å². The third-order valence-electron chi connectivity index (χ3n) is 3.54. The van der Waals surface area contributed by atoms with E-state index < -0.39 is 0 Å². The van der Waals surface area contributed by atoms with E-state index in [0.717, 1.165) is 29.7 Å². The third kappa shape index (κ3) is 3.55. The van der Waals surface area contributed by atoms with E-state index in [1.807, 2.05) is 38.4 Å². The Balaban J connectivity index is 2.01. The number of rotatable bonds is 3. The van der Waals surface area contributed by atoms with E-state index in [2.05, 4.69) is 26.1 Å². The monoisotopic (exact) mass is 325 g/mol. The zero-order valence-corrected chi connectivity index (χ0v) is 13.0. The van der Waals surface area contributed by atoms with Crippen LogP contribution in [0.15, 0.2) is 28.7 Å². The predicted octanol–water partition coefficient (Wildman–Crippen LogP) is 1.31. The van der Waals surface area contributed by atoms with E-state index in [1.165, 1.54) is 0 Å². The second kappa shape index (κ2) is 6.50. The number of likely N-dealkylation sites (N-methyl/N-ethyl adjacent to an activating group) is 2. The first-order valence-electron chi connectivity index (χ1n) is 6.49. The van der Waals surface area contributed by atoms with Crippen LogP contribution in [-0.4, -0.2) is 55.5 Å². The normalized spacial score (nSPS) is 20.3. The lowest BCUT2D eigenvalue weighted by atomic mass is 10.1. The van der Waals surface area contributed by atoms with Gasteiger partial charge in [0, 0.05) is 37.7 Å². The summed E-state index contributed by atoms with van der Waals surface area (Å²) < 4.78 is 1.05. The molecule has 0 aliphatic carbocycles. The highest BCUT2D eigenvalue weighted by molar-refractivity contribution is 9.10. The minimum Gasteiger partial charge on any atom is -0.340 e. The highest BCUT2D eigenvalue weighted by atomic mass is 79.9. The van der Waals surface area contributed by atoms with Gasteiger partial charge in [0.2, 0.25) is 5.91 Å². The minimum absolute atomic E-state index is 0.0544. The average molecular weight is 326 g/mol. The minimum atomic E-state index is -0.0544. The van der Waals surface area contributed by atoms with Crippen molar-refractivity contribution < 1.29 is 4.79 Å². The summed E-state index contributed by atoms with van der Waals surface area (Å²) in [5, 5.41) is 3.28. The summed E-state index contributed by atoms with van der Waals surface area (Å²) in [5.41, 5.74) is 1.13. The van der Waals surface area contributed by atoms with Crippen molar-refractivity contribution in [3.05, 3.63) is 34.3 Å². The SMILES string of the molecule is CN(Cc1ccccc1Br)C(=O)C1CNCCN1C. The second-order valence-corrected chi connectivity index (χ2v) is 5.84. The molecule has 0 aromatic heterocycles. The van der Waals surface area contributed by atoms with Gasteiger partial charge in [0.25, 0.3) is 0 Å². The molecule has 5 heteroatoms. The number of carbonyl (C=O) groups is 1. The van der Waals surface area contributed by atoms with Crippen LogP contribution < -0.4 is 5.32 Å². The topological polar surface area (TPSA) is 35.6 Å². The third-order valence-corrected chi connectivity index (χ3v) is 4.31. The Morgan fingerprint density at radius 1 is 1.53 bits per heavy atom. The summed E-state index contributed by atoms with van der Waals surface area (Å²) in [4.78, 5) is 16.4. The lowest BCUT2D eigenvalue weighted by molar-refractivity contribution is -0.136. The zero-order valence-electron chi connectivity index (χ0n) is 11.4. The second-order valence-electron chi connectivity index (χ2n) is 4.99. The number of halogens is 1. The fourth-order valence-corrected chi connectivity index (χ4v) is 2.71. The molecule has 1 saturated heterocycles. The highest BCUT2D eigenvalue weighted by Crippen LogP contribution is 2.18. The Labute approximate surface area is 122 Å². The molecule has 1 amide bonds. The van der Waals surface area contributed by atoms with Crippen molar-refractivity contribution in [3.63, 3.8) is 0 Å². The van der Waals surface area contributed by atoms with Crippen LogP contribution in [0.25, 0.3) is 0 Å². The van der Waals surface area contributed by atoms with Gasteiger partial charge in [-0.25, -0.2) is 0 Å². The number of nitrogens with one attached hydrogen (secondary N) is 1. The molecule has 0 radical (unpaired) electrons. The van der Waals surface area contributed by atoms with Crippen molar-refractivity contribution >= 4 is 21.8 Å². The van der Waals surface area contributed by atoms with Gasteiger partial charge in [-0.3, -0.25) is 9.69 Å². The fourth-order valence-electron chi connectivity index (χ4n) is 2.30. The van der Waals surface area contributed by atoms with Crippen LogP contribution in [0.3, 0.4) is 0 Å². The standard InChI is InChI=1S/C14H20BrN3O/c1-17-8-7-16-9-13(17)14(19)18(2)10-11-5-3-4-6-12(11)15/h3-6,13,16H,7-10H2,1-2H3. The van der Waals surface area contributed by atoms with E-state index >= 15 is 0 Å². The highest BCUT2D eigenvalue weighted by Gasteiger charge is 2.28. The number of hydrogen-bond acceptors (Lipinski definition) is 3. The van der Waals surface area contributed by atoms with Gasteiger partial charge in [0.05, 0.1) is 0 Å². The molecule has 1 aliphatic heterocycles. The summed E-state index contributed by atoms with van der Waals surface area (Å²) in [7, 11) is 3.87. The number of carbonyl (C=O) groups excluding carboxylic acids is 1. The van der Waals surface area contributed by atoms with Gasteiger partial charge in [-0.05, 0) is 18.7 Å². The quantitative estimate of drug-likeness (QED) is 0.910. The molecule has 0 bridgehead atoms. The Morgan fingerprint density at radius 2 is 2.26 bits per heavy atom. The summed E-state index contributed by atoms with van der Waals surface area (Å²) in [6.45, 7) is 3.23. The maximum Gasteiger partial charge on any atom is 0.241 e. The molecule has 0 spiro atoms. The van der Waals surface area contributed by atoms with Crippen LogP contribution in [0.1, 0.15) is 5.56 Å².